The molecule has 0 N–H and O–H groups in total. The molecule has 10 heteroatoms. The quantitative estimate of drug-likeness (QED) is 0.338. The first-order valence-electron chi connectivity index (χ1n) is 6.63. The van der Waals surface area contributed by atoms with Crippen molar-refractivity contribution in [1.29, 1.82) is 0 Å². The highest BCUT2D eigenvalue weighted by Gasteiger charge is 2.12. The molecule has 0 unspecified atom stereocenters. The van der Waals surface area contributed by atoms with E-state index in [0.717, 1.165) is 6.92 Å². The molecule has 0 heterocycles. The summed E-state index contributed by atoms with van der Waals surface area (Å²) >= 11 is 0. The Balaban J connectivity index is 0.000000273. The van der Waals surface area contributed by atoms with Gasteiger partial charge in [0.25, 0.3) is 0 Å². The predicted molar refractivity (Wildman–Crippen MR) is 78.7 cm³/mol. The van der Waals surface area contributed by atoms with Crippen molar-refractivity contribution in [2.24, 2.45) is 0 Å². The molecule has 2 aromatic rings. The van der Waals surface area contributed by atoms with Gasteiger partial charge in [0.2, 0.25) is 5.70 Å². The fourth-order valence-electron chi connectivity index (χ4n) is 1.62. The van der Waals surface area contributed by atoms with Crippen molar-refractivity contribution in [3.8, 4) is 0 Å². The van der Waals surface area contributed by atoms with Gasteiger partial charge < -0.3 is 0 Å². The van der Waals surface area contributed by atoms with Gasteiger partial charge in [-0.1, -0.05) is 0 Å². The minimum Gasteiger partial charge on any atom is -0.298 e. The number of rotatable bonds is 3. The average molecular weight is 377 g/mol. The van der Waals surface area contributed by atoms with Gasteiger partial charge in [0.05, 0.1) is 16.1 Å². The van der Waals surface area contributed by atoms with Crippen LogP contribution in [0.25, 0.3) is 6.08 Å². The second kappa shape index (κ2) is 8.79. The van der Waals surface area contributed by atoms with Crippen LogP contribution < -0.4 is 0 Å². The second-order valence-electron chi connectivity index (χ2n) is 4.73. The Labute approximate surface area is 142 Å². The Morgan fingerprint density at radius 2 is 1.19 bits per heavy atom. The van der Waals surface area contributed by atoms with Crippen LogP contribution >= 0.6 is 0 Å². The van der Waals surface area contributed by atoms with Crippen LogP contribution in [0.2, 0.25) is 0 Å². The van der Waals surface area contributed by atoms with E-state index in [0.29, 0.717) is 30.3 Å². The van der Waals surface area contributed by atoms with Crippen LogP contribution in [0.1, 0.15) is 22.8 Å². The average Bonchev–Trinajstić information content (AvgIpc) is 2.50. The van der Waals surface area contributed by atoms with Crippen LogP contribution in [0.5, 0.6) is 0 Å². The van der Waals surface area contributed by atoms with Crippen molar-refractivity contribution >= 4 is 12.4 Å². The van der Waals surface area contributed by atoms with Crippen LogP contribution in [0, 0.1) is 45.0 Å². The first kappa shape index (κ1) is 20.9. The summed E-state index contributed by atoms with van der Waals surface area (Å²) in [5.74, 6) is -6.82. The summed E-state index contributed by atoms with van der Waals surface area (Å²) in [5.41, 5.74) is -1.79. The normalized spacial score (nSPS) is 10.8. The lowest BCUT2D eigenvalue weighted by molar-refractivity contribution is -0.422. The summed E-state index contributed by atoms with van der Waals surface area (Å²) < 4.78 is 75.4. The molecule has 0 amide bonds. The summed E-state index contributed by atoms with van der Waals surface area (Å²) in [7, 11) is 0. The maximum Gasteiger partial charge on any atom is 0.244 e. The molecule has 0 saturated carbocycles. The standard InChI is InChI=1S/C9H6F3NO2.C7H3F3O/c1-5(13(14)15)2-7-8(11)3-6(10)4-9(7)12;8-4-1-6(9)5(3-11)7(10)2-4/h2-4H,1H3;1-3H. The van der Waals surface area contributed by atoms with Gasteiger partial charge in [-0.15, -0.1) is 0 Å². The fourth-order valence-corrected chi connectivity index (χ4v) is 1.62. The SMILES string of the molecule is CC(=Cc1c(F)cc(F)cc1F)[N+](=O)[O-].O=Cc1c(F)cc(F)cc1F. The minimum atomic E-state index is -1.18. The van der Waals surface area contributed by atoms with E-state index in [-0.39, 0.29) is 6.29 Å². The summed E-state index contributed by atoms with van der Waals surface area (Å²) in [4.78, 5) is 19.4. The fraction of sp³-hybridized carbons (Fsp3) is 0.0625. The number of carbonyl (C=O) groups excluding carboxylic acids is 1. The van der Waals surface area contributed by atoms with Gasteiger partial charge in [-0.25, -0.2) is 26.3 Å². The number of hydrogen-bond acceptors (Lipinski definition) is 3. The van der Waals surface area contributed by atoms with Crippen molar-refractivity contribution in [2.75, 3.05) is 0 Å². The van der Waals surface area contributed by atoms with E-state index in [4.69, 9.17) is 0 Å². The molecule has 0 aliphatic rings. The molecule has 2 aromatic carbocycles. The van der Waals surface area contributed by atoms with Crippen molar-refractivity contribution in [3.63, 3.8) is 0 Å². The first-order chi connectivity index (χ1) is 12.1. The molecule has 4 nitrogen and oxygen atoms in total. The molecule has 0 aliphatic heterocycles. The number of benzene rings is 2. The maximum absolute atomic E-state index is 13.0. The van der Waals surface area contributed by atoms with Crippen molar-refractivity contribution in [2.45, 2.75) is 6.92 Å². The molecule has 2 rings (SSSR count). The van der Waals surface area contributed by atoms with Crippen LogP contribution in [-0.2, 0) is 0 Å². The Hall–Kier alpha value is -3.17. The first-order valence-corrected chi connectivity index (χ1v) is 6.63. The van der Waals surface area contributed by atoms with E-state index in [1.165, 1.54) is 0 Å². The van der Waals surface area contributed by atoms with Gasteiger partial charge in [-0.05, 0) is 0 Å². The van der Waals surface area contributed by atoms with E-state index in [9.17, 15) is 41.3 Å². The summed E-state index contributed by atoms with van der Waals surface area (Å²) in [5, 5.41) is 10.2. The van der Waals surface area contributed by atoms with Crippen LogP contribution in [-0.4, -0.2) is 11.2 Å². The molecule has 138 valence electrons. The summed E-state index contributed by atoms with van der Waals surface area (Å²) in [6.45, 7) is 1.09. The molecule has 0 radical (unpaired) electrons. The van der Waals surface area contributed by atoms with Crippen molar-refractivity contribution < 1.29 is 36.1 Å². The maximum atomic E-state index is 13.0. The van der Waals surface area contributed by atoms with Crippen molar-refractivity contribution in [1.82, 2.24) is 0 Å². The lowest BCUT2D eigenvalue weighted by atomic mass is 10.1. The molecular formula is C16H9F6NO3. The van der Waals surface area contributed by atoms with E-state index in [2.05, 4.69) is 0 Å². The third-order valence-corrected chi connectivity index (χ3v) is 2.85. The van der Waals surface area contributed by atoms with Crippen LogP contribution in [0.15, 0.2) is 30.0 Å². The second-order valence-corrected chi connectivity index (χ2v) is 4.73. The monoisotopic (exact) mass is 377 g/mol. The molecule has 26 heavy (non-hydrogen) atoms. The predicted octanol–water partition coefficient (Wildman–Crippen LogP) is 4.66. The van der Waals surface area contributed by atoms with Crippen LogP contribution in [0.3, 0.4) is 0 Å². The largest absolute Gasteiger partial charge is 0.298 e. The molecular weight excluding hydrogens is 368 g/mol. The van der Waals surface area contributed by atoms with Gasteiger partial charge >= 0.3 is 0 Å². The smallest absolute Gasteiger partial charge is 0.244 e. The van der Waals surface area contributed by atoms with E-state index in [1.54, 1.807) is 0 Å². The number of aldehydes is 1. The lowest BCUT2D eigenvalue weighted by Crippen LogP contribution is -1.97. The Morgan fingerprint density at radius 3 is 1.50 bits per heavy atom. The Bertz CT molecular complexity index is 836. The van der Waals surface area contributed by atoms with E-state index < -0.39 is 56.7 Å². The van der Waals surface area contributed by atoms with E-state index >= 15 is 0 Å². The van der Waals surface area contributed by atoms with Gasteiger partial charge in [-0.2, -0.15) is 0 Å². The summed E-state index contributed by atoms with van der Waals surface area (Å²) in [6.07, 6.45) is 0.716. The third kappa shape index (κ3) is 5.43. The zero-order valence-corrected chi connectivity index (χ0v) is 12.9. The molecule has 0 fully saturated rings. The molecule has 0 aromatic heterocycles. The number of nitrogens with zero attached hydrogens (tertiary/aromatic N) is 1. The van der Waals surface area contributed by atoms with Gasteiger partial charge in [0.15, 0.2) is 6.29 Å². The van der Waals surface area contributed by atoms with Crippen molar-refractivity contribution in [3.05, 3.63) is 86.1 Å². The summed E-state index contributed by atoms with van der Waals surface area (Å²) in [6, 6.07) is 1.82. The van der Waals surface area contributed by atoms with Gasteiger partial charge in [0, 0.05) is 37.3 Å². The lowest BCUT2D eigenvalue weighted by Gasteiger charge is -1.99. The molecule has 0 spiro atoms. The van der Waals surface area contributed by atoms with Gasteiger partial charge in [0.1, 0.15) is 34.9 Å². The van der Waals surface area contributed by atoms with Crippen LogP contribution in [0.4, 0.5) is 26.3 Å². The highest BCUT2D eigenvalue weighted by atomic mass is 19.2. The number of halogens is 6. The zero-order chi connectivity index (χ0) is 20.0. The third-order valence-electron chi connectivity index (χ3n) is 2.85. The van der Waals surface area contributed by atoms with E-state index in [1.807, 2.05) is 0 Å². The van der Waals surface area contributed by atoms with Gasteiger partial charge in [-0.3, -0.25) is 14.9 Å². The Kier molecular flexibility index (Phi) is 7.06. The highest BCUT2D eigenvalue weighted by molar-refractivity contribution is 5.75. The molecule has 0 saturated heterocycles. The number of allylic oxidation sites excluding steroid dienone is 1. The number of hydrogen-bond donors (Lipinski definition) is 0. The topological polar surface area (TPSA) is 60.2 Å². The molecule has 0 aliphatic carbocycles. The molecule has 0 atom stereocenters. The Morgan fingerprint density at radius 1 is 0.846 bits per heavy atom. The number of carbonyl (C=O) groups is 1. The molecule has 0 bridgehead atoms. The zero-order valence-electron chi connectivity index (χ0n) is 12.9. The number of nitro groups is 1. The highest BCUT2D eigenvalue weighted by Crippen LogP contribution is 2.18. The minimum absolute atomic E-state index is 0.00407.